The maximum absolute atomic E-state index is 13.2. The summed E-state index contributed by atoms with van der Waals surface area (Å²) < 4.78 is 17.8. The molecule has 5 rings (SSSR count). The molecule has 0 unspecified atom stereocenters. The second-order valence-electron chi connectivity index (χ2n) is 8.56. The summed E-state index contributed by atoms with van der Waals surface area (Å²) in [5, 5.41) is 0. The molecule has 0 fully saturated rings. The number of nitrogens with zero attached hydrogens (tertiary/aromatic N) is 1. The minimum absolute atomic E-state index is 0.0697. The number of Topliss-reactive ketones (excluding diaryl/α,β-unsaturated/α-hetero) is 1. The van der Waals surface area contributed by atoms with E-state index in [0.29, 0.717) is 30.3 Å². The van der Waals surface area contributed by atoms with E-state index < -0.39 is 0 Å². The summed E-state index contributed by atoms with van der Waals surface area (Å²) in [6.07, 6.45) is 2.68. The van der Waals surface area contributed by atoms with E-state index in [2.05, 4.69) is 11.0 Å². The van der Waals surface area contributed by atoms with Crippen molar-refractivity contribution in [3.8, 4) is 17.2 Å². The molecule has 0 saturated heterocycles. The number of ketones is 1. The van der Waals surface area contributed by atoms with Gasteiger partial charge in [-0.05, 0) is 60.7 Å². The van der Waals surface area contributed by atoms with Crippen molar-refractivity contribution in [3.05, 3.63) is 93.7 Å². The lowest BCUT2D eigenvalue weighted by Gasteiger charge is -2.30. The average molecular weight is 442 g/mol. The summed E-state index contributed by atoms with van der Waals surface area (Å²) in [6, 6.07) is 18.0. The molecule has 3 aromatic rings. The number of carbonyl (C=O) groups excluding carboxylic acids is 1. The van der Waals surface area contributed by atoms with Crippen LogP contribution >= 0.6 is 0 Å². The Balaban J connectivity index is 1.41. The molecule has 3 aromatic carbocycles. The summed E-state index contributed by atoms with van der Waals surface area (Å²) in [4.78, 5) is 15.4. The molecule has 5 heteroatoms. The third kappa shape index (κ3) is 4.00. The van der Waals surface area contributed by atoms with Gasteiger partial charge in [0, 0.05) is 13.1 Å². The van der Waals surface area contributed by atoms with Gasteiger partial charge in [-0.25, -0.2) is 0 Å². The van der Waals surface area contributed by atoms with Crippen molar-refractivity contribution in [3.63, 3.8) is 0 Å². The second-order valence-corrected chi connectivity index (χ2v) is 8.56. The van der Waals surface area contributed by atoms with Crippen molar-refractivity contribution >= 4 is 11.9 Å². The lowest BCUT2D eigenvalue weighted by Crippen LogP contribution is -2.34. The number of rotatable bonds is 5. The minimum atomic E-state index is -0.0697. The number of hydrogen-bond donors (Lipinski definition) is 0. The summed E-state index contributed by atoms with van der Waals surface area (Å²) >= 11 is 0. The number of benzene rings is 3. The van der Waals surface area contributed by atoms with Gasteiger partial charge in [0.1, 0.15) is 24.0 Å². The molecule has 0 aliphatic carbocycles. The van der Waals surface area contributed by atoms with Crippen LogP contribution in [0.1, 0.15) is 38.2 Å². The second kappa shape index (κ2) is 8.75. The molecule has 0 saturated carbocycles. The van der Waals surface area contributed by atoms with Gasteiger partial charge in [0.15, 0.2) is 5.76 Å². The van der Waals surface area contributed by atoms with Gasteiger partial charge in [-0.2, -0.15) is 0 Å². The van der Waals surface area contributed by atoms with Crippen LogP contribution in [0.15, 0.2) is 60.4 Å². The fourth-order valence-electron chi connectivity index (χ4n) is 4.50. The zero-order valence-electron chi connectivity index (χ0n) is 19.2. The van der Waals surface area contributed by atoms with Crippen LogP contribution in [0.3, 0.4) is 0 Å². The van der Waals surface area contributed by atoms with Crippen LogP contribution in [0, 0.1) is 13.8 Å². The Morgan fingerprint density at radius 2 is 1.85 bits per heavy atom. The van der Waals surface area contributed by atoms with Crippen molar-refractivity contribution in [2.45, 2.75) is 26.8 Å². The van der Waals surface area contributed by atoms with Crippen LogP contribution in [0.5, 0.6) is 17.2 Å². The van der Waals surface area contributed by atoms with Crippen LogP contribution in [0.2, 0.25) is 0 Å². The van der Waals surface area contributed by atoms with Crippen LogP contribution in [-0.2, 0) is 13.0 Å². The van der Waals surface area contributed by atoms with Gasteiger partial charge in [0.05, 0.1) is 18.2 Å². The fraction of sp³-hybridized carbons (Fsp3) is 0.250. The Bertz CT molecular complexity index is 1260. The number of carbonyl (C=O) groups is 1. The number of aryl methyl sites for hydroxylation is 2. The maximum Gasteiger partial charge on any atom is 0.232 e. The zero-order chi connectivity index (χ0) is 22.9. The number of para-hydroxylation sites is 1. The molecule has 0 radical (unpaired) electrons. The van der Waals surface area contributed by atoms with Crippen molar-refractivity contribution in [1.82, 2.24) is 4.90 Å². The highest BCUT2D eigenvalue weighted by Crippen LogP contribution is 2.44. The third-order valence-electron chi connectivity index (χ3n) is 6.35. The molecule has 2 heterocycles. The van der Waals surface area contributed by atoms with Gasteiger partial charge in [0.2, 0.25) is 5.78 Å². The van der Waals surface area contributed by atoms with Gasteiger partial charge in [-0.1, -0.05) is 42.5 Å². The topological polar surface area (TPSA) is 48.0 Å². The zero-order valence-corrected chi connectivity index (χ0v) is 19.2. The largest absolute Gasteiger partial charge is 0.496 e. The first-order valence-corrected chi connectivity index (χ1v) is 11.2. The molecule has 0 spiro atoms. The van der Waals surface area contributed by atoms with Crippen molar-refractivity contribution < 1.29 is 19.0 Å². The standard InChI is InChI=1S/C28H27NO4/c1-18-8-4-5-10-21(18)15-25-27(30)26-19(2)14-24-22(28(26)33-25)16-29(17-32-24)13-12-20-9-6-7-11-23(20)31-3/h4-11,14-15H,12-13,16-17H2,1-3H3/b25-15-. The SMILES string of the molecule is COc1ccccc1CCN1COc2cc(C)c3c(c2C1)O/C(=C\c1ccccc1C)C3=O. The smallest absolute Gasteiger partial charge is 0.232 e. The average Bonchev–Trinajstić information content (AvgIpc) is 3.16. The van der Waals surface area contributed by atoms with E-state index in [-0.39, 0.29) is 5.78 Å². The lowest BCUT2D eigenvalue weighted by molar-refractivity contribution is 0.0947. The van der Waals surface area contributed by atoms with Crippen LogP contribution in [-0.4, -0.2) is 31.1 Å². The van der Waals surface area contributed by atoms with Gasteiger partial charge >= 0.3 is 0 Å². The normalized spacial score (nSPS) is 16.2. The highest BCUT2D eigenvalue weighted by molar-refractivity contribution is 6.16. The molecule has 0 atom stereocenters. The van der Waals surface area contributed by atoms with E-state index in [0.717, 1.165) is 52.3 Å². The Morgan fingerprint density at radius 1 is 1.06 bits per heavy atom. The molecule has 33 heavy (non-hydrogen) atoms. The van der Waals surface area contributed by atoms with Crippen molar-refractivity contribution in [1.29, 1.82) is 0 Å². The van der Waals surface area contributed by atoms with Crippen LogP contribution < -0.4 is 14.2 Å². The van der Waals surface area contributed by atoms with Crippen LogP contribution in [0.4, 0.5) is 0 Å². The number of hydrogen-bond acceptors (Lipinski definition) is 5. The molecule has 0 amide bonds. The van der Waals surface area contributed by atoms with Gasteiger partial charge < -0.3 is 14.2 Å². The highest BCUT2D eigenvalue weighted by atomic mass is 16.5. The Labute approximate surface area is 194 Å². The number of methoxy groups -OCH3 is 1. The van der Waals surface area contributed by atoms with E-state index in [9.17, 15) is 4.79 Å². The van der Waals surface area contributed by atoms with Gasteiger partial charge in [0.25, 0.3) is 0 Å². The van der Waals surface area contributed by atoms with E-state index >= 15 is 0 Å². The summed E-state index contributed by atoms with van der Waals surface area (Å²) in [5.74, 6) is 2.62. The molecule has 168 valence electrons. The van der Waals surface area contributed by atoms with Crippen molar-refractivity contribution in [2.75, 3.05) is 20.4 Å². The van der Waals surface area contributed by atoms with Crippen molar-refractivity contribution in [2.24, 2.45) is 0 Å². The number of fused-ring (bicyclic) bond motifs is 3. The summed E-state index contributed by atoms with van der Waals surface area (Å²) in [7, 11) is 1.70. The van der Waals surface area contributed by atoms with E-state index in [1.54, 1.807) is 7.11 Å². The predicted octanol–water partition coefficient (Wildman–Crippen LogP) is 5.32. The Morgan fingerprint density at radius 3 is 2.67 bits per heavy atom. The van der Waals surface area contributed by atoms with Gasteiger partial charge in [-0.15, -0.1) is 0 Å². The van der Waals surface area contributed by atoms with Crippen LogP contribution in [0.25, 0.3) is 6.08 Å². The minimum Gasteiger partial charge on any atom is -0.496 e. The summed E-state index contributed by atoms with van der Waals surface area (Å²) in [6.45, 7) is 5.94. The Kier molecular flexibility index (Phi) is 5.65. The fourth-order valence-corrected chi connectivity index (χ4v) is 4.50. The molecule has 2 aliphatic heterocycles. The number of allylic oxidation sites excluding steroid dienone is 1. The molecule has 0 N–H and O–H groups in total. The molecule has 5 nitrogen and oxygen atoms in total. The highest BCUT2D eigenvalue weighted by Gasteiger charge is 2.35. The Hall–Kier alpha value is -3.57. The molecule has 0 aromatic heterocycles. The quantitative estimate of drug-likeness (QED) is 0.502. The first-order valence-electron chi connectivity index (χ1n) is 11.2. The summed E-state index contributed by atoms with van der Waals surface area (Å²) in [5.41, 5.74) is 5.70. The first kappa shape index (κ1) is 21.3. The molecule has 2 aliphatic rings. The van der Waals surface area contributed by atoms with E-state index in [1.807, 2.05) is 68.5 Å². The molecule has 0 bridgehead atoms. The predicted molar refractivity (Wildman–Crippen MR) is 128 cm³/mol. The molecular formula is C28H27NO4. The van der Waals surface area contributed by atoms with E-state index in [1.165, 1.54) is 0 Å². The number of ether oxygens (including phenoxy) is 3. The monoisotopic (exact) mass is 441 g/mol. The maximum atomic E-state index is 13.2. The van der Waals surface area contributed by atoms with Gasteiger partial charge in [-0.3, -0.25) is 9.69 Å². The third-order valence-corrected chi connectivity index (χ3v) is 6.35. The lowest BCUT2D eigenvalue weighted by atomic mass is 9.98. The van der Waals surface area contributed by atoms with E-state index in [4.69, 9.17) is 14.2 Å². The molecular weight excluding hydrogens is 414 g/mol. The first-order chi connectivity index (χ1) is 16.0.